The first kappa shape index (κ1) is 15.8. The average Bonchev–Trinajstić information content (AvgIpc) is 2.61. The van der Waals surface area contributed by atoms with Crippen molar-refractivity contribution in [2.75, 3.05) is 6.61 Å². The van der Waals surface area contributed by atoms with Crippen LogP contribution in [-0.4, -0.2) is 34.7 Å². The summed E-state index contributed by atoms with van der Waals surface area (Å²) < 4.78 is 5.27. The predicted octanol–water partition coefficient (Wildman–Crippen LogP) is 2.98. The molecule has 1 fully saturated rings. The van der Waals surface area contributed by atoms with Crippen LogP contribution in [0.1, 0.15) is 53.9 Å². The van der Waals surface area contributed by atoms with Crippen molar-refractivity contribution < 1.29 is 9.53 Å². The molecule has 4 heteroatoms. The Morgan fingerprint density at radius 3 is 2.61 bits per heavy atom. The summed E-state index contributed by atoms with van der Waals surface area (Å²) in [5.41, 5.74) is -0.448. The zero-order chi connectivity index (χ0) is 13.8. The molecule has 0 spiro atoms. The fourth-order valence-electron chi connectivity index (χ4n) is 2.70. The van der Waals surface area contributed by atoms with Gasteiger partial charge in [0.15, 0.2) is 0 Å². The van der Waals surface area contributed by atoms with Crippen LogP contribution in [0.5, 0.6) is 0 Å². The molecule has 3 nitrogen and oxygen atoms in total. The molecular weight excluding hydrogens is 246 g/mol. The third-order valence-electron chi connectivity index (χ3n) is 3.16. The molecule has 0 radical (unpaired) electrons. The molecule has 0 saturated heterocycles. The number of esters is 1. The second kappa shape index (κ2) is 6.80. The van der Waals surface area contributed by atoms with Crippen LogP contribution in [0.3, 0.4) is 0 Å². The summed E-state index contributed by atoms with van der Waals surface area (Å²) in [5, 5.41) is 4.64. The summed E-state index contributed by atoms with van der Waals surface area (Å²) in [4.78, 5) is 12.2. The Bertz CT molecular complexity index is 281. The number of hydrogen-bond donors (Lipinski definition) is 1. The summed E-state index contributed by atoms with van der Waals surface area (Å²) >= 11 is 1.98. The number of carbonyl (C=O) groups is 1. The lowest BCUT2D eigenvalue weighted by Crippen LogP contribution is -2.54. The van der Waals surface area contributed by atoms with E-state index in [1.165, 1.54) is 0 Å². The average molecular weight is 273 g/mol. The van der Waals surface area contributed by atoms with E-state index >= 15 is 0 Å². The minimum atomic E-state index is -0.448. The highest BCUT2D eigenvalue weighted by Gasteiger charge is 2.46. The Morgan fingerprint density at radius 1 is 1.44 bits per heavy atom. The maximum Gasteiger partial charge on any atom is 0.326 e. The van der Waals surface area contributed by atoms with Crippen LogP contribution < -0.4 is 5.32 Å². The molecule has 1 rings (SSSR count). The van der Waals surface area contributed by atoms with Gasteiger partial charge in [-0.25, -0.2) is 0 Å². The number of carbonyl (C=O) groups excluding carboxylic acids is 1. The largest absolute Gasteiger partial charge is 0.465 e. The van der Waals surface area contributed by atoms with Crippen LogP contribution in [0, 0.1) is 0 Å². The molecule has 0 aromatic heterocycles. The lowest BCUT2D eigenvalue weighted by atomic mass is 9.96. The summed E-state index contributed by atoms with van der Waals surface area (Å²) in [5.74, 6) is -0.0643. The van der Waals surface area contributed by atoms with Crippen molar-refractivity contribution in [1.29, 1.82) is 0 Å². The molecule has 0 heterocycles. The van der Waals surface area contributed by atoms with Crippen LogP contribution in [-0.2, 0) is 9.53 Å². The van der Waals surface area contributed by atoms with Crippen molar-refractivity contribution in [1.82, 2.24) is 5.32 Å². The monoisotopic (exact) mass is 273 g/mol. The molecule has 18 heavy (non-hydrogen) atoms. The first-order chi connectivity index (χ1) is 8.39. The van der Waals surface area contributed by atoms with Gasteiger partial charge in [-0.15, -0.1) is 0 Å². The first-order valence-corrected chi connectivity index (χ1v) is 7.94. The molecule has 0 aliphatic heterocycles. The molecule has 1 aliphatic rings. The molecular formula is C14H27NO2S. The SMILES string of the molecule is CCOC(=O)C1(NC(C)C)CCC(SC(C)C)C1. The lowest BCUT2D eigenvalue weighted by Gasteiger charge is -2.30. The van der Waals surface area contributed by atoms with E-state index < -0.39 is 5.54 Å². The molecule has 0 aromatic rings. The molecule has 2 unspecified atom stereocenters. The van der Waals surface area contributed by atoms with E-state index in [0.29, 0.717) is 23.1 Å². The first-order valence-electron chi connectivity index (χ1n) is 7.00. The summed E-state index contributed by atoms with van der Waals surface area (Å²) in [6, 6.07) is 0.303. The standard InChI is InChI=1S/C14H27NO2S/c1-6-17-13(16)14(15-10(2)3)8-7-12(9-14)18-11(4)5/h10-12,15H,6-9H2,1-5H3. The van der Waals surface area contributed by atoms with Crippen LogP contribution in [0.4, 0.5) is 0 Å². The Labute approximate surface area is 115 Å². The van der Waals surface area contributed by atoms with Gasteiger partial charge in [0.2, 0.25) is 0 Å². The molecule has 1 aliphatic carbocycles. The van der Waals surface area contributed by atoms with Gasteiger partial charge in [0, 0.05) is 11.3 Å². The highest BCUT2D eigenvalue weighted by atomic mass is 32.2. The smallest absolute Gasteiger partial charge is 0.326 e. The predicted molar refractivity (Wildman–Crippen MR) is 78.0 cm³/mol. The Hall–Kier alpha value is -0.220. The van der Waals surface area contributed by atoms with E-state index in [9.17, 15) is 4.79 Å². The molecule has 0 amide bonds. The van der Waals surface area contributed by atoms with Crippen molar-refractivity contribution in [2.45, 2.75) is 76.0 Å². The van der Waals surface area contributed by atoms with E-state index in [1.54, 1.807) is 0 Å². The van der Waals surface area contributed by atoms with E-state index in [1.807, 2.05) is 18.7 Å². The lowest BCUT2D eigenvalue weighted by molar-refractivity contribution is -0.151. The van der Waals surface area contributed by atoms with Gasteiger partial charge in [-0.1, -0.05) is 13.8 Å². The van der Waals surface area contributed by atoms with Gasteiger partial charge in [0.25, 0.3) is 0 Å². The molecule has 0 bridgehead atoms. The summed E-state index contributed by atoms with van der Waals surface area (Å²) in [6.45, 7) is 10.9. The maximum atomic E-state index is 12.2. The Morgan fingerprint density at radius 2 is 2.11 bits per heavy atom. The quantitative estimate of drug-likeness (QED) is 0.755. The summed E-state index contributed by atoms with van der Waals surface area (Å²) in [7, 11) is 0. The van der Waals surface area contributed by atoms with Crippen LogP contribution in [0.2, 0.25) is 0 Å². The second-order valence-electron chi connectivity index (χ2n) is 5.65. The van der Waals surface area contributed by atoms with Crippen molar-refractivity contribution in [3.63, 3.8) is 0 Å². The molecule has 0 aromatic carbocycles. The molecule has 2 atom stereocenters. The van der Waals surface area contributed by atoms with E-state index in [-0.39, 0.29) is 5.97 Å². The normalized spacial score (nSPS) is 28.1. The fraction of sp³-hybridized carbons (Fsp3) is 0.929. The van der Waals surface area contributed by atoms with Crippen molar-refractivity contribution in [3.8, 4) is 0 Å². The number of ether oxygens (including phenoxy) is 1. The van der Waals surface area contributed by atoms with Crippen LogP contribution in [0.25, 0.3) is 0 Å². The second-order valence-corrected chi connectivity index (χ2v) is 7.53. The molecule has 1 N–H and O–H groups in total. The third-order valence-corrected chi connectivity index (χ3v) is 4.50. The van der Waals surface area contributed by atoms with Gasteiger partial charge in [-0.05, 0) is 45.3 Å². The van der Waals surface area contributed by atoms with Crippen molar-refractivity contribution in [2.24, 2.45) is 0 Å². The minimum Gasteiger partial charge on any atom is -0.465 e. The van der Waals surface area contributed by atoms with Gasteiger partial charge in [-0.2, -0.15) is 11.8 Å². The number of hydrogen-bond acceptors (Lipinski definition) is 4. The highest BCUT2D eigenvalue weighted by Crippen LogP contribution is 2.39. The fourth-order valence-corrected chi connectivity index (χ4v) is 4.10. The molecule has 106 valence electrons. The van der Waals surface area contributed by atoms with Gasteiger partial charge < -0.3 is 4.74 Å². The van der Waals surface area contributed by atoms with Crippen LogP contribution in [0.15, 0.2) is 0 Å². The zero-order valence-corrected chi connectivity index (χ0v) is 13.1. The minimum absolute atomic E-state index is 0.0643. The number of rotatable bonds is 6. The third kappa shape index (κ3) is 4.16. The molecule has 1 saturated carbocycles. The van der Waals surface area contributed by atoms with Crippen molar-refractivity contribution >= 4 is 17.7 Å². The number of nitrogens with one attached hydrogen (secondary N) is 1. The van der Waals surface area contributed by atoms with Gasteiger partial charge in [0.1, 0.15) is 5.54 Å². The van der Waals surface area contributed by atoms with Gasteiger partial charge in [0.05, 0.1) is 6.61 Å². The highest BCUT2D eigenvalue weighted by molar-refractivity contribution is 8.00. The Kier molecular flexibility index (Phi) is 5.99. The zero-order valence-electron chi connectivity index (χ0n) is 12.3. The summed E-state index contributed by atoms with van der Waals surface area (Å²) in [6.07, 6.45) is 2.89. The van der Waals surface area contributed by atoms with E-state index in [4.69, 9.17) is 4.74 Å². The van der Waals surface area contributed by atoms with Crippen molar-refractivity contribution in [3.05, 3.63) is 0 Å². The van der Waals surface area contributed by atoms with Crippen LogP contribution >= 0.6 is 11.8 Å². The Balaban J connectivity index is 2.72. The maximum absolute atomic E-state index is 12.2. The van der Waals surface area contributed by atoms with E-state index in [0.717, 1.165) is 19.3 Å². The van der Waals surface area contributed by atoms with E-state index in [2.05, 4.69) is 33.0 Å². The number of thioether (sulfide) groups is 1. The van der Waals surface area contributed by atoms with Gasteiger partial charge >= 0.3 is 5.97 Å². The van der Waals surface area contributed by atoms with Gasteiger partial charge in [-0.3, -0.25) is 10.1 Å². The topological polar surface area (TPSA) is 38.3 Å².